The summed E-state index contributed by atoms with van der Waals surface area (Å²) in [5, 5.41) is 18.4. The Morgan fingerprint density at radius 1 is 1.15 bits per heavy atom. The highest BCUT2D eigenvalue weighted by Gasteiger charge is 2.26. The van der Waals surface area contributed by atoms with E-state index in [2.05, 4.69) is 5.32 Å². The number of fused-ring (bicyclic) bond motifs is 2. The second kappa shape index (κ2) is 5.49. The molecular weight excluding hydrogens is 330 g/mol. The highest BCUT2D eigenvalue weighted by molar-refractivity contribution is 5.88. The molecule has 6 nitrogen and oxygen atoms in total. The molecule has 3 heterocycles. The minimum Gasteiger partial charge on any atom is -0.478 e. The van der Waals surface area contributed by atoms with Gasteiger partial charge in [0.2, 0.25) is 0 Å². The van der Waals surface area contributed by atoms with Gasteiger partial charge in [-0.2, -0.15) is 5.10 Å². The van der Waals surface area contributed by atoms with Gasteiger partial charge in [-0.05, 0) is 36.8 Å². The van der Waals surface area contributed by atoms with Crippen LogP contribution in [0.2, 0.25) is 0 Å². The van der Waals surface area contributed by atoms with Crippen molar-refractivity contribution in [2.75, 3.05) is 11.9 Å². The van der Waals surface area contributed by atoms with Gasteiger partial charge in [-0.1, -0.05) is 24.3 Å². The lowest BCUT2D eigenvalue weighted by Gasteiger charge is -2.07. The standard InChI is InChI=1S/C20H15N3O3/c24-20(25)13-5-3-6-14(10-13)23-19-15(8-9-21-19)18(22-23)17-11-12-4-1-2-7-16(12)26-17/h1-7,10-11,21H,8-9H2,(H,24,25). The molecule has 0 aliphatic carbocycles. The van der Waals surface area contributed by atoms with Crippen molar-refractivity contribution >= 4 is 22.8 Å². The third kappa shape index (κ3) is 2.19. The Labute approximate surface area is 148 Å². The summed E-state index contributed by atoms with van der Waals surface area (Å²) in [4.78, 5) is 11.3. The molecule has 2 aromatic heterocycles. The average molecular weight is 345 g/mol. The molecular formula is C20H15N3O3. The van der Waals surface area contributed by atoms with Crippen LogP contribution in [0.3, 0.4) is 0 Å². The van der Waals surface area contributed by atoms with Crippen molar-refractivity contribution < 1.29 is 14.3 Å². The first-order chi connectivity index (χ1) is 12.7. The molecule has 1 aliphatic heterocycles. The van der Waals surface area contributed by atoms with Gasteiger partial charge in [-0.3, -0.25) is 0 Å². The van der Waals surface area contributed by atoms with Gasteiger partial charge in [-0.25, -0.2) is 9.48 Å². The van der Waals surface area contributed by atoms with Gasteiger partial charge >= 0.3 is 5.97 Å². The summed E-state index contributed by atoms with van der Waals surface area (Å²) in [6, 6.07) is 16.6. The molecule has 1 aliphatic rings. The van der Waals surface area contributed by atoms with Crippen LogP contribution in [0.1, 0.15) is 15.9 Å². The first-order valence-corrected chi connectivity index (χ1v) is 8.39. The molecule has 0 atom stereocenters. The van der Waals surface area contributed by atoms with Crippen molar-refractivity contribution in [1.82, 2.24) is 9.78 Å². The van der Waals surface area contributed by atoms with Crippen LogP contribution in [0, 0.1) is 0 Å². The fraction of sp³-hybridized carbons (Fsp3) is 0.100. The molecule has 0 saturated heterocycles. The number of furan rings is 1. The number of carboxylic acids is 1. The van der Waals surface area contributed by atoms with Crippen molar-refractivity contribution in [3.05, 3.63) is 65.7 Å². The summed E-state index contributed by atoms with van der Waals surface area (Å²) in [6.07, 6.45) is 0.848. The molecule has 5 rings (SSSR count). The van der Waals surface area contributed by atoms with Gasteiger partial charge in [0.25, 0.3) is 0 Å². The predicted molar refractivity (Wildman–Crippen MR) is 97.9 cm³/mol. The van der Waals surface area contributed by atoms with Crippen LogP contribution in [0.4, 0.5) is 5.82 Å². The van der Waals surface area contributed by atoms with E-state index in [1.54, 1.807) is 22.9 Å². The number of anilines is 1. The molecule has 0 radical (unpaired) electrons. The van der Waals surface area contributed by atoms with Gasteiger partial charge < -0.3 is 14.8 Å². The maximum Gasteiger partial charge on any atom is 0.335 e. The zero-order chi connectivity index (χ0) is 17.7. The summed E-state index contributed by atoms with van der Waals surface area (Å²) in [5.74, 6) is 0.656. The number of hydrogen-bond acceptors (Lipinski definition) is 4. The number of benzene rings is 2. The lowest BCUT2D eigenvalue weighted by Crippen LogP contribution is -2.05. The molecule has 0 saturated carbocycles. The summed E-state index contributed by atoms with van der Waals surface area (Å²) < 4.78 is 7.75. The summed E-state index contributed by atoms with van der Waals surface area (Å²) in [5.41, 5.74) is 3.64. The van der Waals surface area contributed by atoms with E-state index in [1.807, 2.05) is 36.4 Å². The van der Waals surface area contributed by atoms with E-state index >= 15 is 0 Å². The Morgan fingerprint density at radius 3 is 2.88 bits per heavy atom. The van der Waals surface area contributed by atoms with E-state index in [0.717, 1.165) is 46.8 Å². The minimum atomic E-state index is -0.957. The van der Waals surface area contributed by atoms with Crippen LogP contribution in [0.25, 0.3) is 28.1 Å². The molecule has 0 amide bonds. The Balaban J connectivity index is 1.68. The Morgan fingerprint density at radius 2 is 2.04 bits per heavy atom. The van der Waals surface area contributed by atoms with Crippen molar-refractivity contribution in [1.29, 1.82) is 0 Å². The molecule has 4 aromatic rings. The fourth-order valence-corrected chi connectivity index (χ4v) is 3.43. The maximum atomic E-state index is 11.3. The normalized spacial score (nSPS) is 12.9. The lowest BCUT2D eigenvalue weighted by atomic mass is 10.1. The van der Waals surface area contributed by atoms with E-state index in [0.29, 0.717) is 5.69 Å². The van der Waals surface area contributed by atoms with Gasteiger partial charge in [0.15, 0.2) is 5.76 Å². The van der Waals surface area contributed by atoms with E-state index in [9.17, 15) is 9.90 Å². The number of para-hydroxylation sites is 1. The number of rotatable bonds is 3. The molecule has 128 valence electrons. The van der Waals surface area contributed by atoms with Crippen molar-refractivity contribution in [2.24, 2.45) is 0 Å². The number of hydrogen-bond donors (Lipinski definition) is 2. The smallest absolute Gasteiger partial charge is 0.335 e. The third-order valence-electron chi connectivity index (χ3n) is 4.65. The van der Waals surface area contributed by atoms with E-state index in [4.69, 9.17) is 9.52 Å². The summed E-state index contributed by atoms with van der Waals surface area (Å²) >= 11 is 0. The third-order valence-corrected chi connectivity index (χ3v) is 4.65. The first-order valence-electron chi connectivity index (χ1n) is 8.39. The van der Waals surface area contributed by atoms with Crippen LogP contribution in [-0.4, -0.2) is 27.4 Å². The molecule has 0 fully saturated rings. The zero-order valence-corrected chi connectivity index (χ0v) is 13.8. The Bertz CT molecular complexity index is 1120. The van der Waals surface area contributed by atoms with Crippen LogP contribution < -0.4 is 5.32 Å². The lowest BCUT2D eigenvalue weighted by molar-refractivity contribution is 0.0697. The van der Waals surface area contributed by atoms with E-state index in [-0.39, 0.29) is 5.56 Å². The number of nitrogens with one attached hydrogen (secondary N) is 1. The predicted octanol–water partition coefficient (Wildman–Crippen LogP) is 3.95. The number of carboxylic acid groups (broad SMARTS) is 1. The number of aromatic carboxylic acids is 1. The van der Waals surface area contributed by atoms with Gasteiger partial charge in [-0.15, -0.1) is 0 Å². The molecule has 0 spiro atoms. The molecule has 0 bridgehead atoms. The second-order valence-electron chi connectivity index (χ2n) is 6.27. The summed E-state index contributed by atoms with van der Waals surface area (Å²) in [6.45, 7) is 0.818. The monoisotopic (exact) mass is 345 g/mol. The van der Waals surface area contributed by atoms with Crippen molar-refractivity contribution in [2.45, 2.75) is 6.42 Å². The Kier molecular flexibility index (Phi) is 3.12. The molecule has 0 unspecified atom stereocenters. The van der Waals surface area contributed by atoms with E-state index < -0.39 is 5.97 Å². The summed E-state index contributed by atoms with van der Waals surface area (Å²) in [7, 11) is 0. The van der Waals surface area contributed by atoms with Crippen molar-refractivity contribution in [3.63, 3.8) is 0 Å². The zero-order valence-electron chi connectivity index (χ0n) is 13.8. The first kappa shape index (κ1) is 14.8. The second-order valence-corrected chi connectivity index (χ2v) is 6.27. The fourth-order valence-electron chi connectivity index (χ4n) is 3.43. The largest absolute Gasteiger partial charge is 0.478 e. The molecule has 2 N–H and O–H groups in total. The molecule has 26 heavy (non-hydrogen) atoms. The number of aromatic nitrogens is 2. The van der Waals surface area contributed by atoms with Crippen LogP contribution in [0.5, 0.6) is 0 Å². The van der Waals surface area contributed by atoms with Gasteiger partial charge in [0.05, 0.1) is 11.3 Å². The van der Waals surface area contributed by atoms with Crippen molar-refractivity contribution in [3.8, 4) is 17.1 Å². The van der Waals surface area contributed by atoms with Gasteiger partial charge in [0.1, 0.15) is 17.1 Å². The van der Waals surface area contributed by atoms with Crippen LogP contribution in [0.15, 0.2) is 59.0 Å². The van der Waals surface area contributed by atoms with Crippen LogP contribution in [-0.2, 0) is 6.42 Å². The van der Waals surface area contributed by atoms with Crippen LogP contribution >= 0.6 is 0 Å². The average Bonchev–Trinajstić information content (AvgIpc) is 3.35. The Hall–Kier alpha value is -3.54. The quantitative estimate of drug-likeness (QED) is 0.588. The highest BCUT2D eigenvalue weighted by atomic mass is 16.4. The number of carbonyl (C=O) groups is 1. The highest BCUT2D eigenvalue weighted by Crippen LogP contribution is 2.36. The number of nitrogens with zero attached hydrogens (tertiary/aromatic N) is 2. The van der Waals surface area contributed by atoms with Gasteiger partial charge in [0, 0.05) is 17.5 Å². The molecule has 2 aromatic carbocycles. The SMILES string of the molecule is O=C(O)c1cccc(-n2nc(-c3cc4ccccc4o3)c3c2NCC3)c1. The topological polar surface area (TPSA) is 80.3 Å². The molecule has 6 heteroatoms. The van der Waals surface area contributed by atoms with E-state index in [1.165, 1.54) is 0 Å². The minimum absolute atomic E-state index is 0.232. The maximum absolute atomic E-state index is 11.3.